The van der Waals surface area contributed by atoms with Crippen LogP contribution in [0.1, 0.15) is 60.6 Å². The quantitative estimate of drug-likeness (QED) is 0.566. The summed E-state index contributed by atoms with van der Waals surface area (Å²) in [4.78, 5) is 23.4. The number of anilines is 1. The van der Waals surface area contributed by atoms with Crippen molar-refractivity contribution in [3.63, 3.8) is 0 Å². The number of rotatable bonds is 8. The average Bonchev–Trinajstić information content (AvgIpc) is 2.75. The first kappa shape index (κ1) is 16.6. The molecule has 0 bridgehead atoms. The molecule has 6 nitrogen and oxygen atoms in total. The summed E-state index contributed by atoms with van der Waals surface area (Å²) in [7, 11) is 0. The van der Waals surface area contributed by atoms with E-state index in [0.29, 0.717) is 11.4 Å². The highest BCUT2D eigenvalue weighted by Gasteiger charge is 2.22. The topological polar surface area (TPSA) is 104 Å². The highest BCUT2D eigenvalue weighted by Crippen LogP contribution is 2.24. The number of carbonyl (C=O) groups is 2. The summed E-state index contributed by atoms with van der Waals surface area (Å²) in [5.74, 6) is -0.809. The van der Waals surface area contributed by atoms with Gasteiger partial charge in [-0.15, -0.1) is 11.8 Å². The highest BCUT2D eigenvalue weighted by atomic mass is 32.2. The largest absolute Gasteiger partial charge is 0.383 e. The number of carbonyl (C=O) groups excluding carboxylic acids is 2. The van der Waals surface area contributed by atoms with Crippen molar-refractivity contribution in [3.8, 4) is 0 Å². The van der Waals surface area contributed by atoms with Gasteiger partial charge in [0.1, 0.15) is 16.4 Å². The summed E-state index contributed by atoms with van der Waals surface area (Å²) < 4.78 is 1.10. The Hall–Kier alpha value is -1.50. The van der Waals surface area contributed by atoms with Crippen molar-refractivity contribution in [2.24, 2.45) is 5.73 Å². The molecule has 0 aliphatic heterocycles. The van der Waals surface area contributed by atoms with Crippen LogP contribution in [0.4, 0.5) is 5.82 Å². The Morgan fingerprint density at radius 2 is 1.90 bits per heavy atom. The number of hydrogen-bond acceptors (Lipinski definition) is 5. The number of nitrogens with two attached hydrogens (primary N) is 2. The lowest BCUT2D eigenvalue weighted by atomic mass is 10.1. The van der Waals surface area contributed by atoms with E-state index >= 15 is 0 Å². The maximum absolute atomic E-state index is 12.1. The Labute approximate surface area is 123 Å². The third-order valence-corrected chi connectivity index (χ3v) is 3.73. The van der Waals surface area contributed by atoms with E-state index in [4.69, 9.17) is 11.5 Å². The van der Waals surface area contributed by atoms with Crippen LogP contribution < -0.4 is 11.5 Å². The third-order valence-electron chi connectivity index (χ3n) is 3.06. The number of thioether (sulfide) groups is 1. The van der Waals surface area contributed by atoms with Crippen molar-refractivity contribution in [2.75, 3.05) is 12.0 Å². The second kappa shape index (κ2) is 7.94. The molecule has 0 unspecified atom stereocenters. The van der Waals surface area contributed by atoms with Crippen LogP contribution >= 0.6 is 11.8 Å². The first-order valence-electron chi connectivity index (χ1n) is 6.78. The van der Waals surface area contributed by atoms with Crippen LogP contribution in [-0.4, -0.2) is 27.9 Å². The molecule has 0 atom stereocenters. The zero-order valence-corrected chi connectivity index (χ0v) is 12.8. The van der Waals surface area contributed by atoms with Crippen LogP contribution in [0.5, 0.6) is 0 Å². The van der Waals surface area contributed by atoms with Crippen molar-refractivity contribution in [1.29, 1.82) is 0 Å². The molecule has 0 aliphatic rings. The fraction of sp³-hybridized carbons (Fsp3) is 0.615. The van der Waals surface area contributed by atoms with Gasteiger partial charge in [0.05, 0.1) is 0 Å². The number of unbranched alkanes of at least 4 members (excludes halogenated alkanes) is 4. The summed E-state index contributed by atoms with van der Waals surface area (Å²) >= 11 is 1.25. The molecule has 112 valence electrons. The summed E-state index contributed by atoms with van der Waals surface area (Å²) in [6.45, 7) is 2.14. The molecule has 0 saturated heterocycles. The standard InChI is InChI=1S/C13H22N4O2S/c1-3-4-5-6-7-8-9(18)17-11(14)10(12(15)19)13(16-17)20-2/h3-8,14H2,1-2H3,(H2,15,19). The van der Waals surface area contributed by atoms with Crippen molar-refractivity contribution in [2.45, 2.75) is 50.5 Å². The van der Waals surface area contributed by atoms with E-state index in [1.807, 2.05) is 0 Å². The number of nitrogen functional groups attached to an aromatic ring is 1. The molecule has 1 aromatic rings. The summed E-state index contributed by atoms with van der Waals surface area (Å²) in [6.07, 6.45) is 7.42. The monoisotopic (exact) mass is 298 g/mol. The normalized spacial score (nSPS) is 10.7. The van der Waals surface area contributed by atoms with Gasteiger partial charge in [0, 0.05) is 6.42 Å². The number of aromatic nitrogens is 2. The molecule has 0 radical (unpaired) electrons. The van der Waals surface area contributed by atoms with E-state index in [1.54, 1.807) is 6.26 Å². The average molecular weight is 298 g/mol. The molecule has 20 heavy (non-hydrogen) atoms. The van der Waals surface area contributed by atoms with Crippen molar-refractivity contribution in [1.82, 2.24) is 9.78 Å². The molecule has 0 aromatic carbocycles. The first-order chi connectivity index (χ1) is 9.52. The lowest BCUT2D eigenvalue weighted by molar-refractivity contribution is 0.0884. The van der Waals surface area contributed by atoms with Crippen LogP contribution in [0.3, 0.4) is 0 Å². The molecule has 4 N–H and O–H groups in total. The maximum atomic E-state index is 12.1. The molecule has 0 spiro atoms. The van der Waals surface area contributed by atoms with E-state index in [0.717, 1.165) is 23.9 Å². The molecule has 1 heterocycles. The lowest BCUT2D eigenvalue weighted by Gasteiger charge is -2.03. The van der Waals surface area contributed by atoms with Gasteiger partial charge in [0.2, 0.25) is 5.91 Å². The molecule has 0 aliphatic carbocycles. The Morgan fingerprint density at radius 1 is 1.25 bits per heavy atom. The van der Waals surface area contributed by atoms with Gasteiger partial charge in [0.15, 0.2) is 0 Å². The van der Waals surface area contributed by atoms with Crippen molar-refractivity contribution in [3.05, 3.63) is 5.56 Å². The first-order valence-corrected chi connectivity index (χ1v) is 8.00. The second-order valence-corrected chi connectivity index (χ2v) is 5.40. The number of primary amides is 1. The van der Waals surface area contributed by atoms with E-state index in [1.165, 1.54) is 24.6 Å². The summed E-state index contributed by atoms with van der Waals surface area (Å²) in [6, 6.07) is 0. The van der Waals surface area contributed by atoms with Gasteiger partial charge in [-0.05, 0) is 12.7 Å². The van der Waals surface area contributed by atoms with Crippen LogP contribution in [0.2, 0.25) is 0 Å². The Kier molecular flexibility index (Phi) is 6.57. The van der Waals surface area contributed by atoms with Gasteiger partial charge in [-0.25, -0.2) is 0 Å². The predicted octanol–water partition coefficient (Wildman–Crippen LogP) is 2.29. The Bertz CT molecular complexity index is 485. The van der Waals surface area contributed by atoms with Gasteiger partial charge in [-0.2, -0.15) is 9.78 Å². The lowest BCUT2D eigenvalue weighted by Crippen LogP contribution is -2.17. The van der Waals surface area contributed by atoms with Crippen LogP contribution in [0, 0.1) is 0 Å². The van der Waals surface area contributed by atoms with E-state index in [-0.39, 0.29) is 17.3 Å². The molecule has 0 fully saturated rings. The van der Waals surface area contributed by atoms with Crippen LogP contribution in [0.25, 0.3) is 0 Å². The van der Waals surface area contributed by atoms with E-state index in [2.05, 4.69) is 12.0 Å². The third kappa shape index (κ3) is 4.00. The molecule has 0 saturated carbocycles. The summed E-state index contributed by atoms with van der Waals surface area (Å²) in [5.41, 5.74) is 11.2. The van der Waals surface area contributed by atoms with Gasteiger partial charge in [0.25, 0.3) is 5.91 Å². The van der Waals surface area contributed by atoms with Crippen LogP contribution in [0.15, 0.2) is 5.03 Å². The molecular weight excluding hydrogens is 276 g/mol. The van der Waals surface area contributed by atoms with Crippen molar-refractivity contribution >= 4 is 29.4 Å². The van der Waals surface area contributed by atoms with Crippen molar-refractivity contribution < 1.29 is 9.59 Å². The number of nitrogens with zero attached hydrogens (tertiary/aromatic N) is 2. The molecule has 7 heteroatoms. The minimum absolute atomic E-state index is 0.0420. The Morgan fingerprint density at radius 3 is 2.40 bits per heavy atom. The number of amides is 1. The fourth-order valence-electron chi connectivity index (χ4n) is 1.96. The molecular formula is C13H22N4O2S. The minimum Gasteiger partial charge on any atom is -0.383 e. The summed E-state index contributed by atoms with van der Waals surface area (Å²) in [5, 5.41) is 4.47. The second-order valence-electron chi connectivity index (χ2n) is 4.60. The zero-order valence-electron chi connectivity index (χ0n) is 12.0. The van der Waals surface area contributed by atoms with Gasteiger partial charge < -0.3 is 11.5 Å². The molecule has 1 aromatic heterocycles. The SMILES string of the molecule is CCCCCCCC(=O)n1nc(SC)c(C(N)=O)c1N. The van der Waals surface area contributed by atoms with Gasteiger partial charge in [-0.1, -0.05) is 32.6 Å². The fourth-order valence-corrected chi connectivity index (χ4v) is 2.53. The van der Waals surface area contributed by atoms with Crippen LogP contribution in [-0.2, 0) is 0 Å². The van der Waals surface area contributed by atoms with Gasteiger partial charge >= 0.3 is 0 Å². The zero-order chi connectivity index (χ0) is 15.1. The smallest absolute Gasteiger partial charge is 0.255 e. The highest BCUT2D eigenvalue weighted by molar-refractivity contribution is 7.98. The molecule has 1 rings (SSSR count). The minimum atomic E-state index is -0.658. The predicted molar refractivity (Wildman–Crippen MR) is 80.9 cm³/mol. The molecule has 1 amide bonds. The van der Waals surface area contributed by atoms with Gasteiger partial charge in [-0.3, -0.25) is 9.59 Å². The number of hydrogen-bond donors (Lipinski definition) is 2. The maximum Gasteiger partial charge on any atom is 0.255 e. The van der Waals surface area contributed by atoms with E-state index < -0.39 is 5.91 Å². The van der Waals surface area contributed by atoms with E-state index in [9.17, 15) is 9.59 Å². The Balaban J connectivity index is 2.71.